The topological polar surface area (TPSA) is 181 Å². The molecule has 0 saturated carbocycles. The molecule has 6 atom stereocenters. The maximum Gasteiger partial charge on any atom is 0.407 e. The van der Waals surface area contributed by atoms with Crippen molar-refractivity contribution in [2.75, 3.05) is 50.2 Å². The summed E-state index contributed by atoms with van der Waals surface area (Å²) in [4.78, 5) is 77.3. The molecule has 414 valence electrons. The minimum absolute atomic E-state index is 0.0187. The third kappa shape index (κ3) is 11.2. The molecule has 0 radical (unpaired) electrons. The fourth-order valence-electron chi connectivity index (χ4n) is 12.7. The number of imidazole rings is 2. The highest BCUT2D eigenvalue weighted by Crippen LogP contribution is 2.49. The number of hydrogen-bond acceptors (Lipinski definition) is 10. The van der Waals surface area contributed by atoms with Crippen LogP contribution in [0.2, 0.25) is 0 Å². The van der Waals surface area contributed by atoms with Gasteiger partial charge in [-0.1, -0.05) is 70.2 Å². The highest BCUT2D eigenvalue weighted by Gasteiger charge is 2.41. The van der Waals surface area contributed by atoms with Crippen LogP contribution in [0, 0.1) is 29.4 Å². The number of nitrogens with zero attached hydrogens (tertiary/aromatic N) is 6. The molecule has 2 aromatic heterocycles. The van der Waals surface area contributed by atoms with Gasteiger partial charge in [-0.2, -0.15) is 0 Å². The van der Waals surface area contributed by atoms with Gasteiger partial charge in [0.1, 0.15) is 29.4 Å². The lowest BCUT2D eigenvalue weighted by Crippen LogP contribution is -2.51. The van der Waals surface area contributed by atoms with Crippen molar-refractivity contribution in [2.24, 2.45) is 17.8 Å². The number of benzene rings is 4. The van der Waals surface area contributed by atoms with E-state index in [0.29, 0.717) is 86.1 Å². The molecule has 6 heterocycles. The zero-order chi connectivity index (χ0) is 54.8. The number of aromatic amines is 2. The van der Waals surface area contributed by atoms with E-state index in [4.69, 9.17) is 19.4 Å². The monoisotopic (exact) mass is 1070 g/mol. The van der Waals surface area contributed by atoms with Crippen LogP contribution in [0.3, 0.4) is 0 Å². The number of methoxy groups -OCH3 is 2. The van der Waals surface area contributed by atoms with Crippen LogP contribution in [0.5, 0.6) is 0 Å². The molecule has 18 heteroatoms. The van der Waals surface area contributed by atoms with Crippen LogP contribution >= 0.6 is 0 Å². The molecule has 4 aliphatic heterocycles. The molecule has 4 fully saturated rings. The van der Waals surface area contributed by atoms with E-state index in [1.807, 2.05) is 75.1 Å². The second-order valence-electron chi connectivity index (χ2n) is 22.5. The highest BCUT2D eigenvalue weighted by atomic mass is 19.1. The SMILES string of the molecule is COC(=O)NC(C(=O)N1CCC[C@H]1c1nc2cc([C@H]3CC[C@H](c4ccc5[nH]c([C@@H]6CCCN6C(=O)[C@@H](NC(=O)OC)C(C)C)nc5c4)N3c3cc(F)c(N4CCC(CCCc5ccccc5)CC4)c(F)c3)ccc2[nH]1)C(C)C. The van der Waals surface area contributed by atoms with Gasteiger partial charge in [0, 0.05) is 31.9 Å². The third-order valence-electron chi connectivity index (χ3n) is 16.8. The second-order valence-corrected chi connectivity index (χ2v) is 22.5. The summed E-state index contributed by atoms with van der Waals surface area (Å²) in [6.45, 7) is 9.76. The number of anilines is 2. The van der Waals surface area contributed by atoms with Gasteiger partial charge in [0.25, 0.3) is 0 Å². The van der Waals surface area contributed by atoms with Gasteiger partial charge in [-0.05, 0) is 141 Å². The van der Waals surface area contributed by atoms with Crippen LogP contribution in [0.1, 0.15) is 144 Å². The van der Waals surface area contributed by atoms with Crippen molar-refractivity contribution in [3.63, 3.8) is 0 Å². The standard InChI is InChI=1S/C60H74F2N10O6/c1-35(2)52(67-59(75)77-5)57(73)70-27-11-17-50(70)55-63-44-21-19-39(31-46(44)65-55)48-23-24-49(40-20-22-45-47(32-40)66-56(64-45)51-18-12-28-71(51)58(74)53(36(3)4)68-60(76)78-6)72(48)41-33-42(61)54(43(62)34-41)69-29-25-38(26-30-69)16-10-15-37-13-8-7-9-14-37/h7-9,13-14,19-22,31-36,38,48-53H,10-12,15-18,23-30H2,1-6H3,(H,63,65)(H,64,66)(H,67,75)(H,68,76)/t48-,49-,50+,51+,52+,53?/m1/s1. The van der Waals surface area contributed by atoms with Crippen molar-refractivity contribution >= 4 is 57.4 Å². The average molecular weight is 1070 g/mol. The molecule has 0 bridgehead atoms. The Morgan fingerprint density at radius 2 is 1.12 bits per heavy atom. The Morgan fingerprint density at radius 1 is 0.628 bits per heavy atom. The maximum atomic E-state index is 16.9. The molecule has 6 aromatic rings. The minimum Gasteiger partial charge on any atom is -0.453 e. The number of halogens is 2. The average Bonchev–Trinajstić information content (AvgIpc) is 4.44. The molecule has 4 aromatic carbocycles. The Morgan fingerprint density at radius 3 is 1.58 bits per heavy atom. The minimum atomic E-state index is -0.767. The lowest BCUT2D eigenvalue weighted by molar-refractivity contribution is -0.136. The van der Waals surface area contributed by atoms with E-state index in [2.05, 4.69) is 49.8 Å². The third-order valence-corrected chi connectivity index (χ3v) is 16.8. The number of fused-ring (bicyclic) bond motifs is 2. The summed E-state index contributed by atoms with van der Waals surface area (Å²) in [5, 5.41) is 5.44. The summed E-state index contributed by atoms with van der Waals surface area (Å²) in [5.41, 5.74) is 6.65. The second kappa shape index (κ2) is 23.4. The van der Waals surface area contributed by atoms with Gasteiger partial charge < -0.3 is 49.7 Å². The van der Waals surface area contributed by atoms with Crippen LogP contribution in [0.4, 0.5) is 29.7 Å². The fraction of sp³-hybridized carbons (Fsp3) is 0.500. The Kier molecular flexibility index (Phi) is 16.2. The number of carbonyl (C=O) groups excluding carboxylic acids is 4. The van der Waals surface area contributed by atoms with Crippen LogP contribution in [0.25, 0.3) is 22.1 Å². The van der Waals surface area contributed by atoms with Crippen molar-refractivity contribution in [1.29, 1.82) is 0 Å². The smallest absolute Gasteiger partial charge is 0.407 e. The van der Waals surface area contributed by atoms with Crippen molar-refractivity contribution in [2.45, 2.75) is 135 Å². The summed E-state index contributed by atoms with van der Waals surface area (Å²) in [5.74, 6) is -0.109. The molecule has 4 aliphatic rings. The van der Waals surface area contributed by atoms with Crippen molar-refractivity contribution in [3.05, 3.63) is 119 Å². The first-order valence-electron chi connectivity index (χ1n) is 28.0. The van der Waals surface area contributed by atoms with Crippen LogP contribution in [-0.2, 0) is 25.5 Å². The van der Waals surface area contributed by atoms with Crippen molar-refractivity contribution in [1.82, 2.24) is 40.4 Å². The van der Waals surface area contributed by atoms with E-state index in [-0.39, 0.29) is 53.5 Å². The summed E-state index contributed by atoms with van der Waals surface area (Å²) in [6, 6.07) is 22.9. The van der Waals surface area contributed by atoms with Gasteiger partial charge in [0.15, 0.2) is 11.6 Å². The summed E-state index contributed by atoms with van der Waals surface area (Å²) in [7, 11) is 2.56. The van der Waals surface area contributed by atoms with Gasteiger partial charge in [0.05, 0.1) is 60.5 Å². The normalized spacial score (nSPS) is 20.8. The van der Waals surface area contributed by atoms with Gasteiger partial charge in [-0.15, -0.1) is 0 Å². The summed E-state index contributed by atoms with van der Waals surface area (Å²) >= 11 is 0. The van der Waals surface area contributed by atoms with E-state index >= 15 is 8.78 Å². The molecule has 4 N–H and O–H groups in total. The number of aryl methyl sites for hydroxylation is 1. The zero-order valence-corrected chi connectivity index (χ0v) is 45.7. The molecule has 4 saturated heterocycles. The molecule has 1 unspecified atom stereocenters. The molecular formula is C60H74F2N10O6. The highest BCUT2D eigenvalue weighted by molar-refractivity contribution is 5.88. The van der Waals surface area contributed by atoms with E-state index in [0.717, 1.165) is 67.1 Å². The van der Waals surface area contributed by atoms with E-state index in [1.165, 1.54) is 31.9 Å². The van der Waals surface area contributed by atoms with Gasteiger partial charge in [-0.3, -0.25) is 9.59 Å². The van der Waals surface area contributed by atoms with Gasteiger partial charge in [0.2, 0.25) is 11.8 Å². The number of nitrogens with one attached hydrogen (secondary N) is 4. The number of hydrogen-bond donors (Lipinski definition) is 4. The largest absolute Gasteiger partial charge is 0.453 e. The number of piperidine rings is 1. The summed E-state index contributed by atoms with van der Waals surface area (Å²) in [6.07, 6.45) is 7.91. The van der Waals surface area contributed by atoms with Crippen molar-refractivity contribution in [3.8, 4) is 0 Å². The van der Waals surface area contributed by atoms with Crippen LogP contribution < -0.4 is 20.4 Å². The first kappa shape index (κ1) is 54.1. The number of ether oxygens (including phenoxy) is 2. The molecule has 78 heavy (non-hydrogen) atoms. The Hall–Kier alpha value is -7.24. The zero-order valence-electron chi connectivity index (χ0n) is 45.7. The van der Waals surface area contributed by atoms with Crippen LogP contribution in [-0.4, -0.2) is 106 Å². The number of carbonyl (C=O) groups is 4. The fourth-order valence-corrected chi connectivity index (χ4v) is 12.7. The molecular weight excluding hydrogens is 995 g/mol. The first-order valence-corrected chi connectivity index (χ1v) is 28.0. The maximum absolute atomic E-state index is 16.9. The van der Waals surface area contributed by atoms with E-state index in [9.17, 15) is 19.2 Å². The quantitative estimate of drug-likeness (QED) is 0.0728. The Bertz CT molecular complexity index is 2950. The number of alkyl carbamates (subject to hydrolysis) is 2. The Labute approximate surface area is 455 Å². The molecule has 0 spiro atoms. The predicted molar refractivity (Wildman–Crippen MR) is 296 cm³/mol. The number of aromatic nitrogens is 4. The number of rotatable bonds is 16. The van der Waals surface area contributed by atoms with E-state index < -0.39 is 35.9 Å². The van der Waals surface area contributed by atoms with Crippen molar-refractivity contribution < 1.29 is 37.4 Å². The van der Waals surface area contributed by atoms with Crippen LogP contribution in [0.15, 0.2) is 78.9 Å². The molecule has 10 rings (SSSR count). The lowest BCUT2D eigenvalue weighted by atomic mass is 9.90. The number of H-pyrrole nitrogens is 2. The first-order chi connectivity index (χ1) is 37.7. The van der Waals surface area contributed by atoms with Gasteiger partial charge >= 0.3 is 12.2 Å². The summed E-state index contributed by atoms with van der Waals surface area (Å²) < 4.78 is 43.5. The van der Waals surface area contributed by atoms with Gasteiger partial charge in [-0.25, -0.2) is 28.3 Å². The Balaban J connectivity index is 0.939. The number of likely N-dealkylation sites (tertiary alicyclic amines) is 2. The number of amides is 4. The van der Waals surface area contributed by atoms with E-state index in [1.54, 1.807) is 9.80 Å². The lowest BCUT2D eigenvalue weighted by Gasteiger charge is -2.36. The molecule has 16 nitrogen and oxygen atoms in total. The predicted octanol–water partition coefficient (Wildman–Crippen LogP) is 11.1. The molecule has 4 amide bonds. The molecule has 0 aliphatic carbocycles.